The van der Waals surface area contributed by atoms with Crippen molar-refractivity contribution < 1.29 is 9.18 Å². The van der Waals surface area contributed by atoms with E-state index in [4.69, 9.17) is 5.73 Å². The molecule has 1 atom stereocenters. The van der Waals surface area contributed by atoms with Crippen LogP contribution in [0.1, 0.15) is 22.0 Å². The van der Waals surface area contributed by atoms with Crippen LogP contribution >= 0.6 is 0 Å². The zero-order valence-corrected chi connectivity index (χ0v) is 7.83. The Bertz CT molecular complexity index is 392. The molecule has 1 heterocycles. The molecule has 0 bridgehead atoms. The Morgan fingerprint density at radius 3 is 2.93 bits per heavy atom. The molecule has 0 saturated heterocycles. The van der Waals surface area contributed by atoms with Crippen molar-refractivity contribution >= 4 is 5.91 Å². The Morgan fingerprint density at radius 1 is 1.57 bits per heavy atom. The minimum Gasteiger partial charge on any atom is -0.333 e. The highest BCUT2D eigenvalue weighted by molar-refractivity contribution is 5.99. The van der Waals surface area contributed by atoms with E-state index < -0.39 is 0 Å². The van der Waals surface area contributed by atoms with Gasteiger partial charge < -0.3 is 10.6 Å². The van der Waals surface area contributed by atoms with Crippen LogP contribution in [0.15, 0.2) is 18.2 Å². The van der Waals surface area contributed by atoms with Crippen LogP contribution in [0.2, 0.25) is 0 Å². The SMILES string of the molecule is CN1C(=O)c2ccc(F)cc2[C@H]1CN. The summed E-state index contributed by atoms with van der Waals surface area (Å²) in [6.07, 6.45) is 0. The van der Waals surface area contributed by atoms with Gasteiger partial charge in [0.25, 0.3) is 5.91 Å². The average Bonchev–Trinajstić information content (AvgIpc) is 2.39. The van der Waals surface area contributed by atoms with Gasteiger partial charge in [-0.05, 0) is 23.8 Å². The van der Waals surface area contributed by atoms with Crippen molar-refractivity contribution in [2.75, 3.05) is 13.6 Å². The number of benzene rings is 1. The Hall–Kier alpha value is -1.42. The first kappa shape index (κ1) is 9.15. The summed E-state index contributed by atoms with van der Waals surface area (Å²) in [6.45, 7) is 0.318. The van der Waals surface area contributed by atoms with Crippen LogP contribution < -0.4 is 5.73 Å². The van der Waals surface area contributed by atoms with E-state index in [-0.39, 0.29) is 17.8 Å². The van der Waals surface area contributed by atoms with E-state index in [1.54, 1.807) is 11.9 Å². The van der Waals surface area contributed by atoms with Gasteiger partial charge in [-0.2, -0.15) is 0 Å². The summed E-state index contributed by atoms with van der Waals surface area (Å²) in [4.78, 5) is 13.2. The third-order valence-electron chi connectivity index (χ3n) is 2.61. The largest absolute Gasteiger partial charge is 0.333 e. The quantitative estimate of drug-likeness (QED) is 0.722. The summed E-state index contributed by atoms with van der Waals surface area (Å²) in [6, 6.07) is 4.00. The molecule has 0 fully saturated rings. The second-order valence-corrected chi connectivity index (χ2v) is 3.40. The number of amides is 1. The number of likely N-dealkylation sites (N-methyl/N-ethyl adjacent to an activating group) is 1. The van der Waals surface area contributed by atoms with Crippen molar-refractivity contribution in [2.24, 2.45) is 5.73 Å². The molecule has 0 saturated carbocycles. The number of fused-ring (bicyclic) bond motifs is 1. The fraction of sp³-hybridized carbons (Fsp3) is 0.300. The lowest BCUT2D eigenvalue weighted by Crippen LogP contribution is -2.28. The Labute approximate surface area is 81.3 Å². The fourth-order valence-corrected chi connectivity index (χ4v) is 1.83. The van der Waals surface area contributed by atoms with Crippen LogP contribution in [0, 0.1) is 5.82 Å². The Morgan fingerprint density at radius 2 is 2.29 bits per heavy atom. The summed E-state index contributed by atoms with van der Waals surface area (Å²) in [5.74, 6) is -0.416. The van der Waals surface area contributed by atoms with Crippen molar-refractivity contribution in [1.29, 1.82) is 0 Å². The Kier molecular flexibility index (Phi) is 2.00. The van der Waals surface area contributed by atoms with E-state index in [9.17, 15) is 9.18 Å². The van der Waals surface area contributed by atoms with Crippen LogP contribution in [0.4, 0.5) is 4.39 Å². The molecule has 0 spiro atoms. The second-order valence-electron chi connectivity index (χ2n) is 3.40. The van der Waals surface area contributed by atoms with Crippen LogP contribution in [-0.4, -0.2) is 24.4 Å². The van der Waals surface area contributed by atoms with Gasteiger partial charge in [0.1, 0.15) is 5.82 Å². The van der Waals surface area contributed by atoms with Gasteiger partial charge in [0, 0.05) is 19.2 Å². The molecule has 4 heteroatoms. The van der Waals surface area contributed by atoms with Gasteiger partial charge in [0.05, 0.1) is 6.04 Å². The van der Waals surface area contributed by atoms with Gasteiger partial charge in [-0.15, -0.1) is 0 Å². The van der Waals surface area contributed by atoms with Crippen molar-refractivity contribution in [3.63, 3.8) is 0 Å². The number of hydrogen-bond acceptors (Lipinski definition) is 2. The van der Waals surface area contributed by atoms with E-state index in [2.05, 4.69) is 0 Å². The molecule has 0 aromatic heterocycles. The molecule has 1 aromatic rings. The number of rotatable bonds is 1. The first-order valence-electron chi connectivity index (χ1n) is 4.42. The molecule has 1 aromatic carbocycles. The van der Waals surface area contributed by atoms with Crippen LogP contribution in [0.25, 0.3) is 0 Å². The fourth-order valence-electron chi connectivity index (χ4n) is 1.83. The summed E-state index contributed by atoms with van der Waals surface area (Å²) < 4.78 is 13.0. The van der Waals surface area contributed by atoms with Crippen molar-refractivity contribution in [2.45, 2.75) is 6.04 Å². The zero-order valence-electron chi connectivity index (χ0n) is 7.83. The summed E-state index contributed by atoms with van der Waals surface area (Å²) in [5.41, 5.74) is 6.79. The molecule has 0 aliphatic carbocycles. The molecule has 74 valence electrons. The number of nitrogens with two attached hydrogens (primary N) is 1. The van der Waals surface area contributed by atoms with Gasteiger partial charge in [0.15, 0.2) is 0 Å². The molecule has 1 aliphatic rings. The molecule has 1 amide bonds. The molecular formula is C10H11FN2O. The van der Waals surface area contributed by atoms with E-state index in [0.717, 1.165) is 0 Å². The average molecular weight is 194 g/mol. The lowest BCUT2D eigenvalue weighted by Gasteiger charge is -2.18. The van der Waals surface area contributed by atoms with Crippen LogP contribution in [-0.2, 0) is 0 Å². The summed E-state index contributed by atoms with van der Waals surface area (Å²) >= 11 is 0. The molecule has 1 aliphatic heterocycles. The highest BCUT2D eigenvalue weighted by atomic mass is 19.1. The van der Waals surface area contributed by atoms with E-state index in [1.165, 1.54) is 18.2 Å². The normalized spacial score (nSPS) is 20.1. The molecular weight excluding hydrogens is 183 g/mol. The molecule has 2 rings (SSSR count). The smallest absolute Gasteiger partial charge is 0.254 e. The maximum atomic E-state index is 13.0. The first-order valence-corrected chi connectivity index (χ1v) is 4.42. The standard InChI is InChI=1S/C10H11FN2O/c1-13-9(5-12)8-4-6(11)2-3-7(8)10(13)14/h2-4,9H,5,12H2,1H3/t9-/m1/s1. The lowest BCUT2D eigenvalue weighted by molar-refractivity contribution is 0.0778. The predicted molar refractivity (Wildman–Crippen MR) is 50.3 cm³/mol. The highest BCUT2D eigenvalue weighted by Gasteiger charge is 2.33. The first-order chi connectivity index (χ1) is 6.65. The van der Waals surface area contributed by atoms with Gasteiger partial charge in [-0.25, -0.2) is 4.39 Å². The molecule has 3 nitrogen and oxygen atoms in total. The number of hydrogen-bond donors (Lipinski definition) is 1. The number of nitrogens with zero attached hydrogens (tertiary/aromatic N) is 1. The maximum absolute atomic E-state index is 13.0. The molecule has 14 heavy (non-hydrogen) atoms. The summed E-state index contributed by atoms with van der Waals surface area (Å²) in [7, 11) is 1.68. The number of halogens is 1. The van der Waals surface area contributed by atoms with Crippen molar-refractivity contribution in [1.82, 2.24) is 4.90 Å². The van der Waals surface area contributed by atoms with E-state index in [0.29, 0.717) is 17.7 Å². The lowest BCUT2D eigenvalue weighted by atomic mass is 10.0. The van der Waals surface area contributed by atoms with Crippen molar-refractivity contribution in [3.8, 4) is 0 Å². The molecule has 0 radical (unpaired) electrons. The monoisotopic (exact) mass is 194 g/mol. The third kappa shape index (κ3) is 1.11. The number of carbonyl (C=O) groups excluding carboxylic acids is 1. The topological polar surface area (TPSA) is 46.3 Å². The predicted octanol–water partition coefficient (Wildman–Crippen LogP) is 0.911. The zero-order chi connectivity index (χ0) is 10.3. The van der Waals surface area contributed by atoms with E-state index >= 15 is 0 Å². The molecule has 2 N–H and O–H groups in total. The maximum Gasteiger partial charge on any atom is 0.254 e. The van der Waals surface area contributed by atoms with Gasteiger partial charge in [-0.3, -0.25) is 4.79 Å². The minimum atomic E-state index is -0.328. The molecule has 0 unspecified atom stereocenters. The third-order valence-corrected chi connectivity index (χ3v) is 2.61. The van der Waals surface area contributed by atoms with Gasteiger partial charge >= 0.3 is 0 Å². The Balaban J connectivity index is 2.56. The van der Waals surface area contributed by atoms with Gasteiger partial charge in [-0.1, -0.05) is 0 Å². The van der Waals surface area contributed by atoms with Crippen LogP contribution in [0.5, 0.6) is 0 Å². The van der Waals surface area contributed by atoms with E-state index in [1.807, 2.05) is 0 Å². The minimum absolute atomic E-state index is 0.0875. The van der Waals surface area contributed by atoms with Crippen LogP contribution in [0.3, 0.4) is 0 Å². The second kappa shape index (κ2) is 3.06. The van der Waals surface area contributed by atoms with Crippen molar-refractivity contribution in [3.05, 3.63) is 35.1 Å². The number of carbonyl (C=O) groups is 1. The summed E-state index contributed by atoms with van der Waals surface area (Å²) in [5, 5.41) is 0. The van der Waals surface area contributed by atoms with Gasteiger partial charge in [0.2, 0.25) is 0 Å². The highest BCUT2D eigenvalue weighted by Crippen LogP contribution is 2.31.